The van der Waals surface area contributed by atoms with Crippen molar-refractivity contribution in [3.63, 3.8) is 0 Å². The van der Waals surface area contributed by atoms with Crippen LogP contribution in [0.2, 0.25) is 0 Å². The monoisotopic (exact) mass is 363 g/mol. The SMILES string of the molecule is C=Cc1ccc(C2(O)CC3CCC(C2)N3C(=O)OCc2ccccc2)cc1. The Kier molecular flexibility index (Phi) is 4.75. The van der Waals surface area contributed by atoms with Crippen molar-refractivity contribution in [2.75, 3.05) is 0 Å². The van der Waals surface area contributed by atoms with Gasteiger partial charge in [-0.2, -0.15) is 0 Å². The number of ether oxygens (including phenoxy) is 1. The molecule has 0 aromatic heterocycles. The van der Waals surface area contributed by atoms with Gasteiger partial charge in [0.15, 0.2) is 0 Å². The number of hydrogen-bond donors (Lipinski definition) is 1. The first-order valence-electron chi connectivity index (χ1n) is 9.53. The average molecular weight is 363 g/mol. The summed E-state index contributed by atoms with van der Waals surface area (Å²) in [6, 6.07) is 17.7. The van der Waals surface area contributed by atoms with Crippen molar-refractivity contribution in [1.82, 2.24) is 4.90 Å². The van der Waals surface area contributed by atoms with Gasteiger partial charge in [0.05, 0.1) is 5.60 Å². The predicted molar refractivity (Wildman–Crippen MR) is 105 cm³/mol. The zero-order chi connectivity index (χ0) is 18.9. The fraction of sp³-hybridized carbons (Fsp3) is 0.348. The van der Waals surface area contributed by atoms with Crippen molar-refractivity contribution in [3.8, 4) is 0 Å². The summed E-state index contributed by atoms with van der Waals surface area (Å²) in [6.07, 6.45) is 4.46. The fourth-order valence-corrected chi connectivity index (χ4v) is 4.48. The van der Waals surface area contributed by atoms with Crippen molar-refractivity contribution in [3.05, 3.63) is 77.9 Å². The molecule has 0 aliphatic carbocycles. The van der Waals surface area contributed by atoms with E-state index >= 15 is 0 Å². The first-order valence-corrected chi connectivity index (χ1v) is 9.53. The van der Waals surface area contributed by atoms with Gasteiger partial charge in [0.1, 0.15) is 6.61 Å². The molecular weight excluding hydrogens is 338 g/mol. The molecular formula is C23H25NO3. The molecule has 0 radical (unpaired) electrons. The Hall–Kier alpha value is -2.59. The van der Waals surface area contributed by atoms with Gasteiger partial charge in [0.25, 0.3) is 0 Å². The highest BCUT2D eigenvalue weighted by molar-refractivity contribution is 5.69. The van der Waals surface area contributed by atoms with Gasteiger partial charge in [-0.15, -0.1) is 0 Å². The summed E-state index contributed by atoms with van der Waals surface area (Å²) < 4.78 is 5.55. The number of piperidine rings is 1. The number of benzene rings is 2. The molecule has 2 unspecified atom stereocenters. The maximum absolute atomic E-state index is 12.7. The molecule has 4 nitrogen and oxygen atoms in total. The van der Waals surface area contributed by atoms with Crippen LogP contribution in [0.25, 0.3) is 6.08 Å². The van der Waals surface area contributed by atoms with Crippen LogP contribution in [-0.4, -0.2) is 28.2 Å². The van der Waals surface area contributed by atoms with Gasteiger partial charge in [-0.3, -0.25) is 0 Å². The van der Waals surface area contributed by atoms with Crippen molar-refractivity contribution >= 4 is 12.2 Å². The Labute approximate surface area is 160 Å². The third kappa shape index (κ3) is 3.50. The van der Waals surface area contributed by atoms with Gasteiger partial charge in [0, 0.05) is 24.9 Å². The van der Waals surface area contributed by atoms with E-state index in [4.69, 9.17) is 4.74 Å². The topological polar surface area (TPSA) is 49.8 Å². The normalized spacial score (nSPS) is 26.6. The third-order valence-electron chi connectivity index (χ3n) is 5.87. The summed E-state index contributed by atoms with van der Waals surface area (Å²) in [7, 11) is 0. The van der Waals surface area contributed by atoms with E-state index in [2.05, 4.69) is 6.58 Å². The third-order valence-corrected chi connectivity index (χ3v) is 5.87. The van der Waals surface area contributed by atoms with E-state index in [-0.39, 0.29) is 24.8 Å². The maximum Gasteiger partial charge on any atom is 0.410 e. The fourth-order valence-electron chi connectivity index (χ4n) is 4.48. The molecule has 4 heteroatoms. The highest BCUT2D eigenvalue weighted by Gasteiger charge is 2.50. The smallest absolute Gasteiger partial charge is 0.410 e. The van der Waals surface area contributed by atoms with Crippen LogP contribution in [0.4, 0.5) is 4.79 Å². The molecule has 2 bridgehead atoms. The van der Waals surface area contributed by atoms with Crippen LogP contribution in [0.1, 0.15) is 42.4 Å². The summed E-state index contributed by atoms with van der Waals surface area (Å²) >= 11 is 0. The molecule has 2 aromatic carbocycles. The Balaban J connectivity index is 1.45. The Bertz CT molecular complexity index is 801. The Morgan fingerprint density at radius 3 is 2.33 bits per heavy atom. The van der Waals surface area contributed by atoms with E-state index in [1.54, 1.807) is 6.08 Å². The van der Waals surface area contributed by atoms with Gasteiger partial charge in [0.2, 0.25) is 0 Å². The van der Waals surface area contributed by atoms with Gasteiger partial charge < -0.3 is 14.7 Å². The Morgan fingerprint density at radius 1 is 1.11 bits per heavy atom. The van der Waals surface area contributed by atoms with Crippen LogP contribution in [0, 0.1) is 0 Å². The lowest BCUT2D eigenvalue weighted by atomic mass is 9.80. The van der Waals surface area contributed by atoms with Crippen LogP contribution >= 0.6 is 0 Å². The number of nitrogens with zero attached hydrogens (tertiary/aromatic N) is 1. The largest absolute Gasteiger partial charge is 0.445 e. The van der Waals surface area contributed by atoms with Crippen molar-refractivity contribution in [2.45, 2.75) is 50.0 Å². The molecule has 2 aliphatic heterocycles. The van der Waals surface area contributed by atoms with Crippen LogP contribution in [-0.2, 0) is 16.9 Å². The summed E-state index contributed by atoms with van der Waals surface area (Å²) in [6.45, 7) is 4.05. The van der Waals surface area contributed by atoms with Crippen LogP contribution in [0.3, 0.4) is 0 Å². The number of rotatable bonds is 4. The molecule has 140 valence electrons. The first kappa shape index (κ1) is 17.8. The molecule has 2 atom stereocenters. The minimum Gasteiger partial charge on any atom is -0.445 e. The Morgan fingerprint density at radius 2 is 1.74 bits per heavy atom. The summed E-state index contributed by atoms with van der Waals surface area (Å²) in [5, 5.41) is 11.3. The first-order chi connectivity index (χ1) is 13.1. The predicted octanol–water partition coefficient (Wildman–Crippen LogP) is 4.48. The van der Waals surface area contributed by atoms with Crippen LogP contribution in [0.15, 0.2) is 61.2 Å². The van der Waals surface area contributed by atoms with Crippen LogP contribution in [0.5, 0.6) is 0 Å². The van der Waals surface area contributed by atoms with E-state index in [1.165, 1.54) is 0 Å². The van der Waals surface area contributed by atoms with Crippen molar-refractivity contribution in [1.29, 1.82) is 0 Å². The molecule has 0 spiro atoms. The zero-order valence-corrected chi connectivity index (χ0v) is 15.4. The molecule has 2 heterocycles. The van der Waals surface area contributed by atoms with Gasteiger partial charge in [-0.25, -0.2) is 4.79 Å². The highest BCUT2D eigenvalue weighted by Crippen LogP contribution is 2.46. The molecule has 1 amide bonds. The molecule has 0 saturated carbocycles. The second-order valence-corrected chi connectivity index (χ2v) is 7.60. The second kappa shape index (κ2) is 7.20. The zero-order valence-electron chi connectivity index (χ0n) is 15.4. The molecule has 1 N–H and O–H groups in total. The minimum absolute atomic E-state index is 0.0242. The van der Waals surface area contributed by atoms with E-state index in [9.17, 15) is 9.90 Å². The lowest BCUT2D eigenvalue weighted by molar-refractivity contribution is -0.0536. The van der Waals surface area contributed by atoms with E-state index in [1.807, 2.05) is 59.5 Å². The number of carbonyl (C=O) groups excluding carboxylic acids is 1. The van der Waals surface area contributed by atoms with Gasteiger partial charge >= 0.3 is 6.09 Å². The molecule has 4 rings (SSSR count). The van der Waals surface area contributed by atoms with Crippen LogP contribution < -0.4 is 0 Å². The summed E-state index contributed by atoms with van der Waals surface area (Å²) in [5.74, 6) is 0. The maximum atomic E-state index is 12.7. The van der Waals surface area contributed by atoms with E-state index < -0.39 is 5.60 Å². The molecule has 2 fully saturated rings. The average Bonchev–Trinajstić information content (AvgIpc) is 2.99. The lowest BCUT2D eigenvalue weighted by Gasteiger charge is -2.43. The molecule has 2 saturated heterocycles. The highest BCUT2D eigenvalue weighted by atomic mass is 16.6. The standard InChI is InChI=1S/C23H25NO3/c1-2-17-8-10-19(11-9-17)23(26)14-20-12-13-21(15-23)24(20)22(25)27-16-18-6-4-3-5-7-18/h2-11,20-21,26H,1,12-16H2. The summed E-state index contributed by atoms with van der Waals surface area (Å²) in [5.41, 5.74) is 2.05. The van der Waals surface area contributed by atoms with E-state index in [0.29, 0.717) is 12.8 Å². The molecule has 2 aliphatic rings. The molecule has 2 aromatic rings. The minimum atomic E-state index is -0.887. The molecule has 27 heavy (non-hydrogen) atoms. The second-order valence-electron chi connectivity index (χ2n) is 7.60. The van der Waals surface area contributed by atoms with Crippen molar-refractivity contribution < 1.29 is 14.6 Å². The number of amides is 1. The van der Waals surface area contributed by atoms with Crippen molar-refractivity contribution in [2.24, 2.45) is 0 Å². The number of carbonyl (C=O) groups is 1. The number of aliphatic hydroxyl groups is 1. The number of hydrogen-bond acceptors (Lipinski definition) is 3. The lowest BCUT2D eigenvalue weighted by Crippen LogP contribution is -2.52. The summed E-state index contributed by atoms with van der Waals surface area (Å²) in [4.78, 5) is 14.5. The quantitative estimate of drug-likeness (QED) is 0.871. The van der Waals surface area contributed by atoms with E-state index in [0.717, 1.165) is 29.5 Å². The van der Waals surface area contributed by atoms with Gasteiger partial charge in [-0.1, -0.05) is 67.3 Å². The van der Waals surface area contributed by atoms with Gasteiger partial charge in [-0.05, 0) is 29.5 Å². The number of fused-ring (bicyclic) bond motifs is 2.